The summed E-state index contributed by atoms with van der Waals surface area (Å²) in [7, 11) is 0. The van der Waals surface area contributed by atoms with E-state index in [0.717, 1.165) is 10.0 Å². The van der Waals surface area contributed by atoms with Crippen molar-refractivity contribution in [2.24, 2.45) is 5.84 Å². The fraction of sp³-hybridized carbons (Fsp3) is 0.154. The molecule has 3 N–H and O–H groups in total. The molecule has 1 aromatic carbocycles. The van der Waals surface area contributed by atoms with Crippen LogP contribution in [-0.2, 0) is 6.61 Å². The number of hydrogen-bond donors (Lipinski definition) is 2. The largest absolute Gasteiger partial charge is 0.484 e. The summed E-state index contributed by atoms with van der Waals surface area (Å²) in [4.78, 5) is 11.2. The van der Waals surface area contributed by atoms with E-state index in [2.05, 4.69) is 15.9 Å². The first kappa shape index (κ1) is 13.6. The Kier molecular flexibility index (Phi) is 4.24. The fourth-order valence-electron chi connectivity index (χ4n) is 1.53. The van der Waals surface area contributed by atoms with E-state index in [1.54, 1.807) is 6.07 Å². The number of carbonyl (C=O) groups is 1. The molecular weight excluding hydrogens is 312 g/mol. The fourth-order valence-corrected chi connectivity index (χ4v) is 2.14. The van der Waals surface area contributed by atoms with Gasteiger partial charge in [-0.15, -0.1) is 0 Å². The van der Waals surface area contributed by atoms with E-state index in [0.29, 0.717) is 17.1 Å². The number of hydrogen-bond acceptors (Lipinski definition) is 4. The number of furan rings is 1. The van der Waals surface area contributed by atoms with Gasteiger partial charge < -0.3 is 9.15 Å². The SMILES string of the molecule is Cc1ccc(OCc2cc(C(=O)NN)co2)c(Br)c1. The third-order valence-corrected chi connectivity index (χ3v) is 3.12. The number of carbonyl (C=O) groups excluding carboxylic acids is 1. The molecule has 2 aromatic rings. The molecule has 0 atom stereocenters. The summed E-state index contributed by atoms with van der Waals surface area (Å²) in [6.45, 7) is 2.23. The van der Waals surface area contributed by atoms with Gasteiger partial charge in [0.2, 0.25) is 0 Å². The van der Waals surface area contributed by atoms with Crippen molar-refractivity contribution in [3.8, 4) is 5.75 Å². The number of hydrazine groups is 1. The molecule has 1 aromatic heterocycles. The van der Waals surface area contributed by atoms with Gasteiger partial charge in [-0.05, 0) is 46.6 Å². The molecule has 6 heteroatoms. The van der Waals surface area contributed by atoms with Crippen molar-refractivity contribution in [1.82, 2.24) is 5.43 Å². The van der Waals surface area contributed by atoms with Gasteiger partial charge in [0, 0.05) is 0 Å². The van der Waals surface area contributed by atoms with Gasteiger partial charge in [-0.3, -0.25) is 10.2 Å². The quantitative estimate of drug-likeness (QED) is 0.514. The van der Waals surface area contributed by atoms with Crippen LogP contribution >= 0.6 is 15.9 Å². The minimum Gasteiger partial charge on any atom is -0.484 e. The van der Waals surface area contributed by atoms with Crippen LogP contribution in [0.1, 0.15) is 21.7 Å². The second-order valence-electron chi connectivity index (χ2n) is 4.00. The van der Waals surface area contributed by atoms with Crippen LogP contribution in [0.4, 0.5) is 0 Å². The normalized spacial score (nSPS) is 10.3. The van der Waals surface area contributed by atoms with Gasteiger partial charge in [-0.2, -0.15) is 0 Å². The zero-order valence-electron chi connectivity index (χ0n) is 10.3. The maximum atomic E-state index is 11.2. The number of amides is 1. The van der Waals surface area contributed by atoms with Crippen LogP contribution in [0.25, 0.3) is 0 Å². The molecule has 19 heavy (non-hydrogen) atoms. The molecular formula is C13H13BrN2O3. The van der Waals surface area contributed by atoms with E-state index in [1.807, 2.05) is 30.5 Å². The Morgan fingerprint density at radius 2 is 2.26 bits per heavy atom. The molecule has 0 saturated carbocycles. The van der Waals surface area contributed by atoms with Gasteiger partial charge >= 0.3 is 0 Å². The topological polar surface area (TPSA) is 77.5 Å². The molecule has 100 valence electrons. The summed E-state index contributed by atoms with van der Waals surface area (Å²) in [5.41, 5.74) is 3.54. The first-order chi connectivity index (χ1) is 9.10. The van der Waals surface area contributed by atoms with Crippen LogP contribution < -0.4 is 16.0 Å². The number of halogens is 1. The summed E-state index contributed by atoms with van der Waals surface area (Å²) in [6.07, 6.45) is 1.34. The number of aryl methyl sites for hydroxylation is 1. The second kappa shape index (κ2) is 5.90. The predicted molar refractivity (Wildman–Crippen MR) is 73.6 cm³/mol. The Labute approximate surface area is 118 Å². The molecule has 0 saturated heterocycles. The van der Waals surface area contributed by atoms with Crippen molar-refractivity contribution in [2.75, 3.05) is 0 Å². The number of nitrogens with one attached hydrogen (secondary N) is 1. The van der Waals surface area contributed by atoms with Crippen LogP contribution in [0.3, 0.4) is 0 Å². The first-order valence-corrected chi connectivity index (χ1v) is 6.37. The summed E-state index contributed by atoms with van der Waals surface area (Å²) in [5, 5.41) is 0. The second-order valence-corrected chi connectivity index (χ2v) is 4.85. The van der Waals surface area contributed by atoms with Crippen molar-refractivity contribution in [3.05, 3.63) is 51.9 Å². The molecule has 2 rings (SSSR count). The van der Waals surface area contributed by atoms with Crippen molar-refractivity contribution < 1.29 is 13.9 Å². The van der Waals surface area contributed by atoms with Crippen molar-refractivity contribution in [2.45, 2.75) is 13.5 Å². The lowest BCUT2D eigenvalue weighted by atomic mass is 10.2. The zero-order chi connectivity index (χ0) is 13.8. The van der Waals surface area contributed by atoms with E-state index in [9.17, 15) is 4.79 Å². The van der Waals surface area contributed by atoms with Gasteiger partial charge in [-0.1, -0.05) is 6.07 Å². The third-order valence-electron chi connectivity index (χ3n) is 2.50. The molecule has 0 aliphatic carbocycles. The van der Waals surface area contributed by atoms with Gasteiger partial charge in [0.15, 0.2) is 0 Å². The van der Waals surface area contributed by atoms with Gasteiger partial charge in [0.25, 0.3) is 5.91 Å². The highest BCUT2D eigenvalue weighted by Gasteiger charge is 2.09. The highest BCUT2D eigenvalue weighted by Crippen LogP contribution is 2.26. The minimum atomic E-state index is -0.397. The Bertz CT molecular complexity index is 595. The molecule has 0 aliphatic heterocycles. The van der Waals surface area contributed by atoms with Crippen LogP contribution in [-0.4, -0.2) is 5.91 Å². The van der Waals surface area contributed by atoms with E-state index >= 15 is 0 Å². The van der Waals surface area contributed by atoms with Gasteiger partial charge in [0.1, 0.15) is 24.4 Å². The zero-order valence-corrected chi connectivity index (χ0v) is 11.9. The van der Waals surface area contributed by atoms with Crippen molar-refractivity contribution >= 4 is 21.8 Å². The maximum absolute atomic E-state index is 11.2. The standard InChI is InChI=1S/C13H13BrN2O3/c1-8-2-3-12(11(14)4-8)19-7-10-5-9(6-18-10)13(17)16-15/h2-6H,7,15H2,1H3,(H,16,17). The smallest absolute Gasteiger partial charge is 0.268 e. The molecule has 1 amide bonds. The Balaban J connectivity index is 2.02. The Morgan fingerprint density at radius 3 is 2.95 bits per heavy atom. The minimum absolute atomic E-state index is 0.236. The van der Waals surface area contributed by atoms with Crippen molar-refractivity contribution in [1.29, 1.82) is 0 Å². The molecule has 0 aliphatic rings. The maximum Gasteiger partial charge on any atom is 0.268 e. The lowest BCUT2D eigenvalue weighted by Crippen LogP contribution is -2.29. The molecule has 0 spiro atoms. The summed E-state index contributed by atoms with van der Waals surface area (Å²) >= 11 is 3.42. The average Bonchev–Trinajstić information content (AvgIpc) is 2.85. The monoisotopic (exact) mass is 324 g/mol. The number of nitrogens with two attached hydrogens (primary N) is 1. The van der Waals surface area contributed by atoms with Crippen LogP contribution in [0.5, 0.6) is 5.75 Å². The van der Waals surface area contributed by atoms with Crippen LogP contribution in [0.15, 0.2) is 39.4 Å². The van der Waals surface area contributed by atoms with Crippen LogP contribution in [0, 0.1) is 6.92 Å². The molecule has 1 heterocycles. The lowest BCUT2D eigenvalue weighted by molar-refractivity contribution is 0.0953. The van der Waals surface area contributed by atoms with E-state index in [-0.39, 0.29) is 6.61 Å². The third kappa shape index (κ3) is 3.36. The van der Waals surface area contributed by atoms with E-state index in [1.165, 1.54) is 6.26 Å². The van der Waals surface area contributed by atoms with E-state index < -0.39 is 5.91 Å². The highest BCUT2D eigenvalue weighted by atomic mass is 79.9. The van der Waals surface area contributed by atoms with Gasteiger partial charge in [-0.25, -0.2) is 5.84 Å². The summed E-state index contributed by atoms with van der Waals surface area (Å²) in [6, 6.07) is 7.38. The number of ether oxygens (including phenoxy) is 1. The molecule has 0 fully saturated rings. The predicted octanol–water partition coefficient (Wildman–Crippen LogP) is 2.53. The number of benzene rings is 1. The summed E-state index contributed by atoms with van der Waals surface area (Å²) < 4.78 is 11.7. The number of nitrogen functional groups attached to an aromatic ring is 1. The molecule has 5 nitrogen and oxygen atoms in total. The average molecular weight is 325 g/mol. The number of rotatable bonds is 4. The van der Waals surface area contributed by atoms with Crippen molar-refractivity contribution in [3.63, 3.8) is 0 Å². The van der Waals surface area contributed by atoms with Gasteiger partial charge in [0.05, 0.1) is 10.0 Å². The van der Waals surface area contributed by atoms with Crippen LogP contribution in [0.2, 0.25) is 0 Å². The summed E-state index contributed by atoms with van der Waals surface area (Å²) in [5.74, 6) is 5.90. The lowest BCUT2D eigenvalue weighted by Gasteiger charge is -2.06. The molecule has 0 unspecified atom stereocenters. The highest BCUT2D eigenvalue weighted by molar-refractivity contribution is 9.10. The molecule has 0 radical (unpaired) electrons. The Hall–Kier alpha value is -1.79. The van der Waals surface area contributed by atoms with E-state index in [4.69, 9.17) is 15.0 Å². The molecule has 0 bridgehead atoms. The Morgan fingerprint density at radius 1 is 1.47 bits per heavy atom. The first-order valence-electron chi connectivity index (χ1n) is 5.57.